The summed E-state index contributed by atoms with van der Waals surface area (Å²) < 4.78 is 16.1. The Morgan fingerprint density at radius 1 is 0.744 bits per heavy atom. The first kappa shape index (κ1) is 31.4. The van der Waals surface area contributed by atoms with Crippen molar-refractivity contribution in [2.45, 2.75) is 31.8 Å². The van der Waals surface area contributed by atoms with Gasteiger partial charge in [0.25, 0.3) is 0 Å². The van der Waals surface area contributed by atoms with Crippen LogP contribution in [0.2, 0.25) is 5.02 Å². The van der Waals surface area contributed by atoms with Gasteiger partial charge in [0.15, 0.2) is 11.5 Å². The van der Waals surface area contributed by atoms with Crippen molar-refractivity contribution in [3.8, 4) is 17.2 Å². The number of rotatable bonds is 14. The fraction of sp³-hybridized carbons (Fsp3) is 0.257. The summed E-state index contributed by atoms with van der Waals surface area (Å²) in [4.78, 5) is 29.6. The van der Waals surface area contributed by atoms with Crippen molar-refractivity contribution < 1.29 is 23.8 Å². The minimum Gasteiger partial charge on any atom is -0.497 e. The molecule has 0 fully saturated rings. The molecule has 1 unspecified atom stereocenters. The van der Waals surface area contributed by atoms with Crippen LogP contribution < -0.4 is 19.5 Å². The molecule has 0 aromatic heterocycles. The highest BCUT2D eigenvalue weighted by atomic mass is 35.5. The van der Waals surface area contributed by atoms with Gasteiger partial charge in [-0.05, 0) is 65.1 Å². The largest absolute Gasteiger partial charge is 0.497 e. The molecule has 4 aromatic rings. The molecule has 0 bridgehead atoms. The van der Waals surface area contributed by atoms with E-state index in [2.05, 4.69) is 5.32 Å². The molecule has 0 heterocycles. The van der Waals surface area contributed by atoms with Crippen LogP contribution in [0.25, 0.3) is 0 Å². The molecule has 0 saturated carbocycles. The van der Waals surface area contributed by atoms with E-state index in [4.69, 9.17) is 25.8 Å². The third-order valence-electron chi connectivity index (χ3n) is 7.21. The smallest absolute Gasteiger partial charge is 0.243 e. The van der Waals surface area contributed by atoms with Gasteiger partial charge in [-0.25, -0.2) is 0 Å². The highest BCUT2D eigenvalue weighted by Gasteiger charge is 2.30. The van der Waals surface area contributed by atoms with Crippen molar-refractivity contribution in [3.63, 3.8) is 0 Å². The summed E-state index contributed by atoms with van der Waals surface area (Å²) in [5.74, 6) is 1.49. The number of methoxy groups -OCH3 is 3. The zero-order chi connectivity index (χ0) is 30.6. The molecule has 1 atom stereocenters. The van der Waals surface area contributed by atoms with Crippen LogP contribution in [0, 0.1) is 0 Å². The molecule has 4 aromatic carbocycles. The van der Waals surface area contributed by atoms with Crippen LogP contribution in [0.15, 0.2) is 97.1 Å². The molecule has 0 radical (unpaired) electrons. The van der Waals surface area contributed by atoms with Crippen LogP contribution in [-0.4, -0.2) is 50.6 Å². The van der Waals surface area contributed by atoms with Crippen LogP contribution in [-0.2, 0) is 35.4 Å². The number of halogens is 1. The van der Waals surface area contributed by atoms with Crippen molar-refractivity contribution in [1.29, 1.82) is 0 Å². The molecule has 0 aliphatic carbocycles. The van der Waals surface area contributed by atoms with Gasteiger partial charge in [0, 0.05) is 24.5 Å². The summed E-state index contributed by atoms with van der Waals surface area (Å²) in [5.41, 5.74) is 3.65. The van der Waals surface area contributed by atoms with Crippen molar-refractivity contribution in [1.82, 2.24) is 10.2 Å². The number of nitrogens with zero attached hydrogens (tertiary/aromatic N) is 1. The predicted octanol–water partition coefficient (Wildman–Crippen LogP) is 5.91. The minimum atomic E-state index is -0.749. The van der Waals surface area contributed by atoms with Crippen molar-refractivity contribution >= 4 is 23.4 Å². The first-order valence-electron chi connectivity index (χ1n) is 14.1. The van der Waals surface area contributed by atoms with Gasteiger partial charge < -0.3 is 24.4 Å². The number of amides is 2. The molecule has 43 heavy (non-hydrogen) atoms. The summed E-state index contributed by atoms with van der Waals surface area (Å²) >= 11 is 6.14. The Balaban J connectivity index is 1.61. The van der Waals surface area contributed by atoms with Crippen LogP contribution in [0.5, 0.6) is 17.2 Å². The summed E-state index contributed by atoms with van der Waals surface area (Å²) in [6.45, 7) is 0.668. The van der Waals surface area contributed by atoms with E-state index in [1.165, 1.54) is 0 Å². The molecule has 7 nitrogen and oxygen atoms in total. The molecule has 0 saturated heterocycles. The van der Waals surface area contributed by atoms with Crippen LogP contribution in [0.4, 0.5) is 0 Å². The normalized spacial score (nSPS) is 11.3. The maximum absolute atomic E-state index is 14.1. The molecule has 0 aliphatic heterocycles. The van der Waals surface area contributed by atoms with E-state index in [9.17, 15) is 9.59 Å². The van der Waals surface area contributed by atoms with Gasteiger partial charge in [0.05, 0.1) is 27.8 Å². The van der Waals surface area contributed by atoms with Gasteiger partial charge in [-0.2, -0.15) is 0 Å². The zero-order valence-corrected chi connectivity index (χ0v) is 25.5. The number of nitrogens with one attached hydrogen (secondary N) is 1. The lowest BCUT2D eigenvalue weighted by Crippen LogP contribution is -2.51. The zero-order valence-electron chi connectivity index (χ0n) is 24.7. The van der Waals surface area contributed by atoms with Crippen molar-refractivity contribution in [3.05, 3.63) is 124 Å². The van der Waals surface area contributed by atoms with E-state index in [0.29, 0.717) is 35.9 Å². The maximum Gasteiger partial charge on any atom is 0.243 e. The summed E-state index contributed by atoms with van der Waals surface area (Å²) in [5, 5.41) is 3.69. The first-order valence-corrected chi connectivity index (χ1v) is 14.5. The van der Waals surface area contributed by atoms with Gasteiger partial charge >= 0.3 is 0 Å². The van der Waals surface area contributed by atoms with Crippen LogP contribution in [0.3, 0.4) is 0 Å². The summed E-state index contributed by atoms with van der Waals surface area (Å²) in [7, 11) is 4.75. The second-order valence-electron chi connectivity index (χ2n) is 10.1. The molecule has 4 rings (SSSR count). The second-order valence-corrected chi connectivity index (χ2v) is 10.5. The molecule has 8 heteroatoms. The minimum absolute atomic E-state index is 0.0817. The topological polar surface area (TPSA) is 77.1 Å². The Morgan fingerprint density at radius 2 is 1.40 bits per heavy atom. The number of hydrogen-bond acceptors (Lipinski definition) is 5. The van der Waals surface area contributed by atoms with Gasteiger partial charge in [-0.3, -0.25) is 9.59 Å². The Kier molecular flexibility index (Phi) is 11.5. The van der Waals surface area contributed by atoms with Gasteiger partial charge in [-0.15, -0.1) is 0 Å². The number of carbonyl (C=O) groups is 2. The number of ether oxygens (including phenoxy) is 3. The summed E-state index contributed by atoms with van der Waals surface area (Å²) in [6.07, 6.45) is 1.09. The number of hydrogen-bond donors (Lipinski definition) is 1. The molecule has 2 amide bonds. The predicted molar refractivity (Wildman–Crippen MR) is 169 cm³/mol. The summed E-state index contributed by atoms with van der Waals surface area (Å²) in [6, 6.07) is 29.5. The molecule has 224 valence electrons. The monoisotopic (exact) mass is 600 g/mol. The Labute approximate surface area is 258 Å². The van der Waals surface area contributed by atoms with Crippen LogP contribution >= 0.6 is 11.6 Å². The average molecular weight is 601 g/mol. The molecule has 1 N–H and O–H groups in total. The van der Waals surface area contributed by atoms with E-state index >= 15 is 0 Å². The SMILES string of the molecule is COc1ccc(CCNC(=O)C(Cc2ccccc2)N(Cc2ccc(Cl)cc2)C(=O)Cc2ccc(OC)c(OC)c2)cc1. The lowest BCUT2D eigenvalue weighted by Gasteiger charge is -2.32. The highest BCUT2D eigenvalue weighted by Crippen LogP contribution is 2.28. The third-order valence-corrected chi connectivity index (χ3v) is 7.46. The van der Waals surface area contributed by atoms with E-state index in [1.807, 2.05) is 72.8 Å². The third kappa shape index (κ3) is 9.00. The van der Waals surface area contributed by atoms with E-state index in [0.717, 1.165) is 28.0 Å². The standard InChI is InChI=1S/C35H37ClN2O5/c1-41-30-16-11-25(12-17-30)19-20-37-35(40)31(21-26-7-5-4-6-8-26)38(24-27-9-14-29(36)15-10-27)34(39)23-28-13-18-32(42-2)33(22-28)43-3/h4-18,22,31H,19-21,23-24H2,1-3H3,(H,37,40). The second kappa shape index (κ2) is 15.7. The van der Waals surface area contributed by atoms with Crippen molar-refractivity contribution in [2.75, 3.05) is 27.9 Å². The quantitative estimate of drug-likeness (QED) is 0.195. The van der Waals surface area contributed by atoms with E-state index in [-0.39, 0.29) is 24.8 Å². The lowest BCUT2D eigenvalue weighted by molar-refractivity contribution is -0.140. The average Bonchev–Trinajstić information content (AvgIpc) is 3.04. The Bertz CT molecular complexity index is 1480. The molecular weight excluding hydrogens is 564 g/mol. The van der Waals surface area contributed by atoms with E-state index < -0.39 is 6.04 Å². The fourth-order valence-corrected chi connectivity index (χ4v) is 4.97. The number of benzene rings is 4. The number of carbonyl (C=O) groups excluding carboxylic acids is 2. The van der Waals surface area contributed by atoms with Crippen LogP contribution in [0.1, 0.15) is 22.3 Å². The highest BCUT2D eigenvalue weighted by molar-refractivity contribution is 6.30. The lowest BCUT2D eigenvalue weighted by atomic mass is 10.0. The maximum atomic E-state index is 14.1. The molecule has 0 aliphatic rings. The van der Waals surface area contributed by atoms with Gasteiger partial charge in [-0.1, -0.05) is 72.3 Å². The van der Waals surface area contributed by atoms with Crippen molar-refractivity contribution in [2.24, 2.45) is 0 Å². The Morgan fingerprint density at radius 3 is 2.05 bits per heavy atom. The molecule has 0 spiro atoms. The van der Waals surface area contributed by atoms with Gasteiger partial charge in [0.2, 0.25) is 11.8 Å². The van der Waals surface area contributed by atoms with E-state index in [1.54, 1.807) is 50.5 Å². The fourth-order valence-electron chi connectivity index (χ4n) is 4.85. The molecular formula is C35H37ClN2O5. The Hall–Kier alpha value is -4.49. The first-order chi connectivity index (χ1) is 20.9. The van der Waals surface area contributed by atoms with Gasteiger partial charge in [0.1, 0.15) is 11.8 Å².